The van der Waals surface area contributed by atoms with Gasteiger partial charge in [-0.25, -0.2) is 9.07 Å². The van der Waals surface area contributed by atoms with Crippen LogP contribution in [-0.2, 0) is 17.7 Å². The number of rotatable bonds is 3. The van der Waals surface area contributed by atoms with Crippen molar-refractivity contribution in [2.75, 3.05) is 13.1 Å². The van der Waals surface area contributed by atoms with E-state index in [2.05, 4.69) is 41.2 Å². The Balaban J connectivity index is 1.65. The van der Waals surface area contributed by atoms with E-state index in [9.17, 15) is 9.50 Å². The molecule has 1 aromatic carbocycles. The molecule has 2 heterocycles. The van der Waals surface area contributed by atoms with Gasteiger partial charge >= 0.3 is 0 Å². The number of likely N-dealkylation sites (tertiary alicyclic amines) is 1. The number of halogens is 1. The number of benzene rings is 1. The van der Waals surface area contributed by atoms with E-state index in [0.29, 0.717) is 19.4 Å². The lowest BCUT2D eigenvalue weighted by molar-refractivity contribution is -0.0287. The van der Waals surface area contributed by atoms with Crippen molar-refractivity contribution in [3.8, 4) is 0 Å². The van der Waals surface area contributed by atoms with E-state index in [4.69, 9.17) is 0 Å². The van der Waals surface area contributed by atoms with E-state index < -0.39 is 5.60 Å². The maximum Gasteiger partial charge on any atom is 0.165 e. The van der Waals surface area contributed by atoms with E-state index in [1.807, 2.05) is 4.68 Å². The highest BCUT2D eigenvalue weighted by atomic mass is 19.1. The minimum Gasteiger partial charge on any atom is -0.385 e. The first kappa shape index (κ1) is 17.0. The molecular weight excluding hydrogens is 309 g/mol. The zero-order valence-electron chi connectivity index (χ0n) is 14.4. The van der Waals surface area contributed by atoms with Crippen LogP contribution in [0.2, 0.25) is 0 Å². The van der Waals surface area contributed by atoms with E-state index >= 15 is 0 Å². The van der Waals surface area contributed by atoms with Crippen LogP contribution in [0.15, 0.2) is 24.3 Å². The Morgan fingerprint density at radius 3 is 2.38 bits per heavy atom. The molecule has 0 atom stereocenters. The number of tetrazole rings is 1. The summed E-state index contributed by atoms with van der Waals surface area (Å²) in [6.45, 7) is 8.34. The molecule has 2 aromatic rings. The quantitative estimate of drug-likeness (QED) is 0.931. The fourth-order valence-corrected chi connectivity index (χ4v) is 3.16. The molecule has 1 saturated heterocycles. The van der Waals surface area contributed by atoms with Gasteiger partial charge in [0.15, 0.2) is 5.82 Å². The van der Waals surface area contributed by atoms with Gasteiger partial charge in [0.05, 0.1) is 17.7 Å². The lowest BCUT2D eigenvalue weighted by Crippen LogP contribution is -2.43. The van der Waals surface area contributed by atoms with Crippen LogP contribution in [-0.4, -0.2) is 43.3 Å². The summed E-state index contributed by atoms with van der Waals surface area (Å²) in [6.07, 6.45) is 1.21. The minimum absolute atomic E-state index is 0.163. The molecule has 7 heteroatoms. The zero-order valence-corrected chi connectivity index (χ0v) is 14.4. The second-order valence-corrected chi connectivity index (χ2v) is 7.49. The van der Waals surface area contributed by atoms with Gasteiger partial charge in [-0.05, 0) is 61.7 Å². The van der Waals surface area contributed by atoms with Crippen LogP contribution in [0.5, 0.6) is 0 Å². The van der Waals surface area contributed by atoms with Crippen molar-refractivity contribution in [2.24, 2.45) is 0 Å². The molecule has 0 spiro atoms. The Kier molecular flexibility index (Phi) is 4.40. The van der Waals surface area contributed by atoms with Crippen molar-refractivity contribution in [3.63, 3.8) is 0 Å². The summed E-state index contributed by atoms with van der Waals surface area (Å²) in [7, 11) is 0. The van der Waals surface area contributed by atoms with Crippen LogP contribution in [0.25, 0.3) is 0 Å². The third kappa shape index (κ3) is 3.47. The normalized spacial score (nSPS) is 18.7. The minimum atomic E-state index is -0.889. The largest absolute Gasteiger partial charge is 0.385 e. The standard InChI is InChI=1S/C17H24FN5O/c1-16(2,3)23-15(19-20-21-23)12-22-10-8-17(24,9-11-22)13-4-6-14(18)7-5-13/h4-7,24H,8-12H2,1-3H3. The van der Waals surface area contributed by atoms with E-state index in [-0.39, 0.29) is 11.4 Å². The molecule has 1 fully saturated rings. The van der Waals surface area contributed by atoms with Gasteiger partial charge < -0.3 is 5.11 Å². The molecule has 3 rings (SSSR count). The maximum absolute atomic E-state index is 13.1. The number of nitrogens with zero attached hydrogens (tertiary/aromatic N) is 5. The van der Waals surface area contributed by atoms with Crippen molar-refractivity contribution >= 4 is 0 Å². The van der Waals surface area contributed by atoms with Crippen molar-refractivity contribution in [1.29, 1.82) is 0 Å². The number of hydrogen-bond donors (Lipinski definition) is 1. The predicted molar refractivity (Wildman–Crippen MR) is 87.6 cm³/mol. The fraction of sp³-hybridized carbons (Fsp3) is 0.588. The van der Waals surface area contributed by atoms with Crippen LogP contribution in [0.3, 0.4) is 0 Å². The monoisotopic (exact) mass is 333 g/mol. The first-order valence-electron chi connectivity index (χ1n) is 8.26. The van der Waals surface area contributed by atoms with Crippen molar-refractivity contribution < 1.29 is 9.50 Å². The lowest BCUT2D eigenvalue weighted by atomic mass is 9.84. The number of piperidine rings is 1. The molecular formula is C17H24FN5O. The molecule has 130 valence electrons. The first-order chi connectivity index (χ1) is 11.3. The molecule has 0 aliphatic carbocycles. The summed E-state index contributed by atoms with van der Waals surface area (Å²) in [5.41, 5.74) is -0.271. The highest BCUT2D eigenvalue weighted by Crippen LogP contribution is 2.33. The van der Waals surface area contributed by atoms with Crippen LogP contribution < -0.4 is 0 Å². The molecule has 0 unspecified atom stereocenters. The van der Waals surface area contributed by atoms with Gasteiger partial charge in [0.2, 0.25) is 0 Å². The van der Waals surface area contributed by atoms with Gasteiger partial charge in [0.1, 0.15) is 5.82 Å². The Hall–Kier alpha value is -1.86. The molecule has 1 aliphatic heterocycles. The van der Waals surface area contributed by atoms with Crippen LogP contribution in [0.1, 0.15) is 45.0 Å². The average Bonchev–Trinajstić information content (AvgIpc) is 2.99. The summed E-state index contributed by atoms with van der Waals surface area (Å²) >= 11 is 0. The van der Waals surface area contributed by atoms with Crippen LogP contribution in [0, 0.1) is 5.82 Å². The summed E-state index contributed by atoms with van der Waals surface area (Å²) in [5.74, 6) is 0.545. The van der Waals surface area contributed by atoms with Gasteiger partial charge in [0, 0.05) is 13.1 Å². The van der Waals surface area contributed by atoms with Gasteiger partial charge in [-0.15, -0.1) is 5.10 Å². The van der Waals surface area contributed by atoms with Crippen molar-refractivity contribution in [2.45, 2.75) is 51.3 Å². The lowest BCUT2D eigenvalue weighted by Gasteiger charge is -2.38. The predicted octanol–water partition coefficient (Wildman–Crippen LogP) is 2.05. The third-order valence-electron chi connectivity index (χ3n) is 4.60. The van der Waals surface area contributed by atoms with Gasteiger partial charge in [0.25, 0.3) is 0 Å². The van der Waals surface area contributed by atoms with Crippen molar-refractivity contribution in [3.05, 3.63) is 41.5 Å². The average molecular weight is 333 g/mol. The van der Waals surface area contributed by atoms with Crippen molar-refractivity contribution in [1.82, 2.24) is 25.1 Å². The Labute approximate surface area is 141 Å². The second kappa shape index (κ2) is 6.22. The number of aromatic nitrogens is 4. The van der Waals surface area contributed by atoms with Gasteiger partial charge in [-0.3, -0.25) is 4.90 Å². The summed E-state index contributed by atoms with van der Waals surface area (Å²) in [6, 6.07) is 6.14. The molecule has 24 heavy (non-hydrogen) atoms. The Morgan fingerprint density at radius 2 is 1.79 bits per heavy atom. The molecule has 0 bridgehead atoms. The van der Waals surface area contributed by atoms with E-state index in [0.717, 1.165) is 24.5 Å². The van der Waals surface area contributed by atoms with Gasteiger partial charge in [-0.2, -0.15) is 0 Å². The zero-order chi connectivity index (χ0) is 17.4. The molecule has 0 radical (unpaired) electrons. The van der Waals surface area contributed by atoms with Crippen LogP contribution in [0.4, 0.5) is 4.39 Å². The summed E-state index contributed by atoms with van der Waals surface area (Å²) in [4.78, 5) is 2.24. The third-order valence-corrected chi connectivity index (χ3v) is 4.60. The highest BCUT2D eigenvalue weighted by Gasteiger charge is 2.34. The SMILES string of the molecule is CC(C)(C)n1nnnc1CN1CCC(O)(c2ccc(F)cc2)CC1. The smallest absolute Gasteiger partial charge is 0.165 e. The highest BCUT2D eigenvalue weighted by molar-refractivity contribution is 5.23. The first-order valence-corrected chi connectivity index (χ1v) is 8.26. The Bertz CT molecular complexity index is 684. The molecule has 1 aliphatic rings. The van der Waals surface area contributed by atoms with E-state index in [1.54, 1.807) is 12.1 Å². The topological polar surface area (TPSA) is 67.1 Å². The molecule has 6 nitrogen and oxygen atoms in total. The van der Waals surface area contributed by atoms with Crippen LogP contribution >= 0.6 is 0 Å². The Morgan fingerprint density at radius 1 is 1.17 bits per heavy atom. The van der Waals surface area contributed by atoms with E-state index in [1.165, 1.54) is 12.1 Å². The summed E-state index contributed by atoms with van der Waals surface area (Å²) in [5, 5.41) is 22.9. The molecule has 1 aromatic heterocycles. The number of hydrogen-bond acceptors (Lipinski definition) is 5. The molecule has 1 N–H and O–H groups in total. The maximum atomic E-state index is 13.1. The van der Waals surface area contributed by atoms with Gasteiger partial charge in [-0.1, -0.05) is 12.1 Å². The molecule has 0 saturated carbocycles. The molecule has 0 amide bonds. The summed E-state index contributed by atoms with van der Waals surface area (Å²) < 4.78 is 14.9. The second-order valence-electron chi connectivity index (χ2n) is 7.49. The number of aliphatic hydroxyl groups is 1. The fourth-order valence-electron chi connectivity index (χ4n) is 3.16.